The van der Waals surface area contributed by atoms with E-state index in [0.717, 1.165) is 11.6 Å². The lowest BCUT2D eigenvalue weighted by molar-refractivity contribution is 0.102. The molecule has 0 aliphatic carbocycles. The van der Waals surface area contributed by atoms with Gasteiger partial charge in [-0.3, -0.25) is 14.6 Å². The maximum Gasteiger partial charge on any atom is 0.271 e. The molecule has 2 aromatic heterocycles. The summed E-state index contributed by atoms with van der Waals surface area (Å²) in [4.78, 5) is 30.3. The summed E-state index contributed by atoms with van der Waals surface area (Å²) in [6, 6.07) is 6.18. The predicted octanol–water partition coefficient (Wildman–Crippen LogP) is 3.11. The highest BCUT2D eigenvalue weighted by Crippen LogP contribution is 2.20. The molecule has 2 N–H and O–H groups in total. The molecule has 0 bridgehead atoms. The van der Waals surface area contributed by atoms with E-state index in [4.69, 9.17) is 0 Å². The quantitative estimate of drug-likeness (QED) is 0.716. The smallest absolute Gasteiger partial charge is 0.271 e. The van der Waals surface area contributed by atoms with E-state index in [1.807, 2.05) is 0 Å². The second-order valence-corrected chi connectivity index (χ2v) is 5.04. The van der Waals surface area contributed by atoms with Gasteiger partial charge in [0, 0.05) is 24.2 Å². The van der Waals surface area contributed by atoms with Crippen LogP contribution < -0.4 is 10.9 Å². The number of hydrogen-bond donors (Lipinski definition) is 2. The first kappa shape index (κ1) is 16.4. The Morgan fingerprint density at radius 3 is 2.44 bits per heavy atom. The minimum atomic E-state index is -1.76. The standard InChI is InChI=1S/C17H10F3N3O2/c18-12-2-1-11(14(19)15(12)20)16(24)23-13-7-10(8-22-17(13)25)9-3-5-21-6-4-9/h1-8H,(H,22,25)(H,23,24). The second-order valence-electron chi connectivity index (χ2n) is 5.04. The Morgan fingerprint density at radius 1 is 1.00 bits per heavy atom. The van der Waals surface area contributed by atoms with Crippen LogP contribution in [0.25, 0.3) is 11.1 Å². The van der Waals surface area contributed by atoms with Gasteiger partial charge in [0.1, 0.15) is 5.69 Å². The van der Waals surface area contributed by atoms with Gasteiger partial charge in [-0.2, -0.15) is 0 Å². The third-order valence-corrected chi connectivity index (χ3v) is 3.44. The second kappa shape index (κ2) is 6.60. The van der Waals surface area contributed by atoms with E-state index in [-0.39, 0.29) is 5.69 Å². The molecular weight excluding hydrogens is 335 g/mol. The first-order valence-corrected chi connectivity index (χ1v) is 7.05. The number of aromatic nitrogens is 2. The zero-order chi connectivity index (χ0) is 18.0. The SMILES string of the molecule is O=C(Nc1cc(-c2ccncc2)c[nH]c1=O)c1ccc(F)c(F)c1F. The van der Waals surface area contributed by atoms with Gasteiger partial charge in [0.05, 0.1) is 5.56 Å². The summed E-state index contributed by atoms with van der Waals surface area (Å²) in [6.45, 7) is 0. The van der Waals surface area contributed by atoms with E-state index in [9.17, 15) is 22.8 Å². The van der Waals surface area contributed by atoms with Crippen LogP contribution in [0.2, 0.25) is 0 Å². The molecule has 25 heavy (non-hydrogen) atoms. The van der Waals surface area contributed by atoms with Crippen molar-refractivity contribution in [3.8, 4) is 11.1 Å². The third kappa shape index (κ3) is 3.27. The Bertz CT molecular complexity index is 1000. The Labute approximate surface area is 139 Å². The lowest BCUT2D eigenvalue weighted by atomic mass is 10.1. The summed E-state index contributed by atoms with van der Waals surface area (Å²) in [7, 11) is 0. The summed E-state index contributed by atoms with van der Waals surface area (Å²) in [6.07, 6.45) is 4.54. The highest BCUT2D eigenvalue weighted by Gasteiger charge is 2.19. The number of aromatic amines is 1. The van der Waals surface area contributed by atoms with Crippen LogP contribution in [-0.2, 0) is 0 Å². The van der Waals surface area contributed by atoms with Crippen molar-refractivity contribution in [2.24, 2.45) is 0 Å². The highest BCUT2D eigenvalue weighted by atomic mass is 19.2. The van der Waals surface area contributed by atoms with E-state index in [1.54, 1.807) is 24.5 Å². The van der Waals surface area contributed by atoms with E-state index >= 15 is 0 Å². The van der Waals surface area contributed by atoms with E-state index < -0.39 is 34.5 Å². The summed E-state index contributed by atoms with van der Waals surface area (Å²) in [5.41, 5.74) is -0.214. The van der Waals surface area contributed by atoms with Crippen LogP contribution >= 0.6 is 0 Å². The molecule has 1 amide bonds. The number of carbonyl (C=O) groups is 1. The minimum absolute atomic E-state index is 0.163. The molecule has 3 rings (SSSR count). The summed E-state index contributed by atoms with van der Waals surface area (Å²) in [5, 5.41) is 2.20. The van der Waals surface area contributed by atoms with Gasteiger partial charge in [0.2, 0.25) is 0 Å². The van der Waals surface area contributed by atoms with Crippen molar-refractivity contribution in [3.63, 3.8) is 0 Å². The maximum atomic E-state index is 13.7. The van der Waals surface area contributed by atoms with Crippen LogP contribution in [0.5, 0.6) is 0 Å². The van der Waals surface area contributed by atoms with Crippen molar-refractivity contribution in [3.05, 3.63) is 82.3 Å². The van der Waals surface area contributed by atoms with Crippen LogP contribution in [0, 0.1) is 17.5 Å². The number of nitrogens with zero attached hydrogens (tertiary/aromatic N) is 1. The Morgan fingerprint density at radius 2 is 1.72 bits per heavy atom. The number of anilines is 1. The molecule has 0 aliphatic heterocycles. The topological polar surface area (TPSA) is 74.8 Å². The van der Waals surface area contributed by atoms with Crippen LogP contribution in [0.1, 0.15) is 10.4 Å². The average Bonchev–Trinajstić information content (AvgIpc) is 2.62. The monoisotopic (exact) mass is 345 g/mol. The molecule has 0 atom stereocenters. The van der Waals surface area contributed by atoms with Crippen molar-refractivity contribution in [1.82, 2.24) is 9.97 Å². The molecule has 2 heterocycles. The molecular formula is C17H10F3N3O2. The van der Waals surface area contributed by atoms with Gasteiger partial charge >= 0.3 is 0 Å². The number of carbonyl (C=O) groups excluding carboxylic acids is 1. The average molecular weight is 345 g/mol. The zero-order valence-corrected chi connectivity index (χ0v) is 12.5. The Hall–Kier alpha value is -3.42. The zero-order valence-electron chi connectivity index (χ0n) is 12.5. The molecule has 126 valence electrons. The molecule has 1 aromatic carbocycles. The number of nitrogens with one attached hydrogen (secondary N) is 2. The Kier molecular flexibility index (Phi) is 4.34. The number of pyridine rings is 2. The number of H-pyrrole nitrogens is 1. The number of benzene rings is 1. The molecule has 0 unspecified atom stereocenters. The molecule has 8 heteroatoms. The van der Waals surface area contributed by atoms with Gasteiger partial charge in [-0.05, 0) is 35.9 Å². The lowest BCUT2D eigenvalue weighted by Crippen LogP contribution is -2.21. The first-order chi connectivity index (χ1) is 12.0. The summed E-state index contributed by atoms with van der Waals surface area (Å²) in [5.74, 6) is -5.87. The van der Waals surface area contributed by atoms with Gasteiger partial charge < -0.3 is 10.3 Å². The van der Waals surface area contributed by atoms with Crippen LogP contribution in [0.15, 0.2) is 53.7 Å². The van der Waals surface area contributed by atoms with Crippen LogP contribution in [0.4, 0.5) is 18.9 Å². The first-order valence-electron chi connectivity index (χ1n) is 7.05. The summed E-state index contributed by atoms with van der Waals surface area (Å²) < 4.78 is 39.9. The van der Waals surface area contributed by atoms with Crippen LogP contribution in [-0.4, -0.2) is 15.9 Å². The fourth-order valence-corrected chi connectivity index (χ4v) is 2.18. The normalized spacial score (nSPS) is 10.5. The van der Waals surface area contributed by atoms with Crippen molar-refractivity contribution >= 4 is 11.6 Å². The van der Waals surface area contributed by atoms with E-state index in [1.165, 1.54) is 12.3 Å². The van der Waals surface area contributed by atoms with Gasteiger partial charge in [0.15, 0.2) is 17.5 Å². The van der Waals surface area contributed by atoms with Gasteiger partial charge in [-0.1, -0.05) is 0 Å². The number of halogens is 3. The molecule has 3 aromatic rings. The number of hydrogen-bond acceptors (Lipinski definition) is 3. The Balaban J connectivity index is 1.94. The molecule has 0 saturated heterocycles. The van der Waals surface area contributed by atoms with Crippen molar-refractivity contribution < 1.29 is 18.0 Å². The third-order valence-electron chi connectivity index (χ3n) is 3.44. The number of rotatable bonds is 3. The largest absolute Gasteiger partial charge is 0.327 e. The minimum Gasteiger partial charge on any atom is -0.327 e. The van der Waals surface area contributed by atoms with Gasteiger partial charge in [-0.25, -0.2) is 13.2 Å². The van der Waals surface area contributed by atoms with Gasteiger partial charge in [-0.15, -0.1) is 0 Å². The fraction of sp³-hybridized carbons (Fsp3) is 0. The molecule has 0 aliphatic rings. The molecule has 5 nitrogen and oxygen atoms in total. The molecule has 0 radical (unpaired) electrons. The fourth-order valence-electron chi connectivity index (χ4n) is 2.18. The summed E-state index contributed by atoms with van der Waals surface area (Å²) >= 11 is 0. The molecule has 0 fully saturated rings. The predicted molar refractivity (Wildman–Crippen MR) is 84.6 cm³/mol. The number of amides is 1. The van der Waals surface area contributed by atoms with Crippen molar-refractivity contribution in [2.75, 3.05) is 5.32 Å². The van der Waals surface area contributed by atoms with E-state index in [2.05, 4.69) is 15.3 Å². The molecule has 0 spiro atoms. The van der Waals surface area contributed by atoms with Gasteiger partial charge in [0.25, 0.3) is 11.5 Å². The lowest BCUT2D eigenvalue weighted by Gasteiger charge is -2.08. The highest BCUT2D eigenvalue weighted by molar-refractivity contribution is 6.04. The maximum absolute atomic E-state index is 13.7. The van der Waals surface area contributed by atoms with E-state index in [0.29, 0.717) is 11.6 Å². The molecule has 0 saturated carbocycles. The van der Waals surface area contributed by atoms with Crippen LogP contribution in [0.3, 0.4) is 0 Å². The van der Waals surface area contributed by atoms with Crippen molar-refractivity contribution in [1.29, 1.82) is 0 Å². The van der Waals surface area contributed by atoms with Crippen molar-refractivity contribution in [2.45, 2.75) is 0 Å².